The van der Waals surface area contributed by atoms with Gasteiger partial charge in [0.2, 0.25) is 0 Å². The Kier molecular flexibility index (Phi) is 6.45. The molecular weight excluding hydrogens is 475 g/mol. The summed E-state index contributed by atoms with van der Waals surface area (Å²) in [5.41, 5.74) is 3.20. The Bertz CT molecular complexity index is 1290. The third-order valence-corrected chi connectivity index (χ3v) is 10.4. The summed E-state index contributed by atoms with van der Waals surface area (Å²) < 4.78 is 28.0. The van der Waals surface area contributed by atoms with Gasteiger partial charge in [-0.15, -0.1) is 0 Å². The number of rotatable bonds is 6. The Morgan fingerprint density at radius 3 is 2.47 bits per heavy atom. The number of ether oxygens (including phenoxy) is 1. The van der Waals surface area contributed by atoms with Crippen LogP contribution in [0, 0.1) is 0 Å². The van der Waals surface area contributed by atoms with Crippen LogP contribution in [0.3, 0.4) is 0 Å². The molecule has 8 nitrogen and oxygen atoms in total. The molecule has 2 unspecified atom stereocenters. The van der Waals surface area contributed by atoms with E-state index < -0.39 is 7.44 Å². The van der Waals surface area contributed by atoms with Crippen LogP contribution in [0.1, 0.15) is 36.9 Å². The van der Waals surface area contributed by atoms with E-state index in [2.05, 4.69) is 43.1 Å². The van der Waals surface area contributed by atoms with Crippen molar-refractivity contribution in [1.82, 2.24) is 4.67 Å². The highest BCUT2D eigenvalue weighted by molar-refractivity contribution is 7.71. The first kappa shape index (κ1) is 24.6. The zero-order valence-corrected chi connectivity index (χ0v) is 22.0. The van der Waals surface area contributed by atoms with Crippen molar-refractivity contribution in [2.45, 2.75) is 32.2 Å². The van der Waals surface area contributed by atoms with E-state index in [0.29, 0.717) is 37.3 Å². The molecule has 2 aromatic carbocycles. The van der Waals surface area contributed by atoms with Crippen LogP contribution in [-0.2, 0) is 14.7 Å². The second kappa shape index (κ2) is 9.43. The highest BCUT2D eigenvalue weighted by Crippen LogP contribution is 2.53. The maximum atomic E-state index is 15.2. The van der Waals surface area contributed by atoms with Gasteiger partial charge in [-0.05, 0) is 48.9 Å². The topological polar surface area (TPSA) is 87.0 Å². The molecule has 1 saturated heterocycles. The first-order valence-electron chi connectivity index (χ1n) is 12.2. The van der Waals surface area contributed by atoms with E-state index in [0.717, 1.165) is 16.9 Å². The number of amides is 1. The third kappa shape index (κ3) is 4.23. The molecule has 0 bridgehead atoms. The van der Waals surface area contributed by atoms with Crippen LogP contribution in [-0.4, -0.2) is 50.0 Å². The van der Waals surface area contributed by atoms with Crippen LogP contribution in [0.25, 0.3) is 0 Å². The van der Waals surface area contributed by atoms with Crippen molar-refractivity contribution in [2.24, 2.45) is 0 Å². The van der Waals surface area contributed by atoms with Gasteiger partial charge in [0.1, 0.15) is 0 Å². The van der Waals surface area contributed by atoms with Crippen molar-refractivity contribution in [3.8, 4) is 0 Å². The minimum Gasteiger partial charge on any atom is -0.459 e. The number of hydrogen-bond donors (Lipinski definition) is 2. The molecule has 36 heavy (non-hydrogen) atoms. The summed E-state index contributed by atoms with van der Waals surface area (Å²) in [7, 11) is -1.37. The van der Waals surface area contributed by atoms with Crippen molar-refractivity contribution in [3.63, 3.8) is 0 Å². The fourth-order valence-electron chi connectivity index (χ4n) is 5.05. The van der Waals surface area contributed by atoms with Crippen LogP contribution in [0.15, 0.2) is 65.3 Å². The zero-order chi connectivity index (χ0) is 25.5. The standard InChI is InChI=1S/C27H33N4O4P/c1-19-27(2,3)21-17-25(22(18-23(21)30(19)4)28-26(32)24-11-8-14-35-24)36(33,31-12-15-34-16-13-31)29-20-9-6-5-7-10-20/h5-11,14,17-19H,12-13,15-16H2,1-4H3,(H,28,32)(H,29,33). The van der Waals surface area contributed by atoms with E-state index in [1.807, 2.05) is 47.1 Å². The first-order chi connectivity index (χ1) is 17.2. The van der Waals surface area contributed by atoms with Crippen molar-refractivity contribution < 1.29 is 18.5 Å². The molecule has 0 saturated carbocycles. The molecule has 2 N–H and O–H groups in total. The van der Waals surface area contributed by atoms with E-state index in [-0.39, 0.29) is 23.1 Å². The normalized spacial score (nSPS) is 21.0. The number of benzene rings is 2. The SMILES string of the molecule is CC1N(C)c2cc(NC(=O)c3ccco3)c(P(=O)(Nc3ccccc3)N3CCOCC3)cc2C1(C)C. The van der Waals surface area contributed by atoms with Gasteiger partial charge >= 0.3 is 0 Å². The molecule has 3 aromatic rings. The van der Waals surface area contributed by atoms with Crippen molar-refractivity contribution in [1.29, 1.82) is 0 Å². The number of hydrogen-bond acceptors (Lipinski definition) is 5. The number of morpholine rings is 1. The lowest BCUT2D eigenvalue weighted by atomic mass is 9.81. The van der Waals surface area contributed by atoms with E-state index in [4.69, 9.17) is 9.15 Å². The van der Waals surface area contributed by atoms with Crippen LogP contribution in [0.2, 0.25) is 0 Å². The summed E-state index contributed by atoms with van der Waals surface area (Å²) >= 11 is 0. The van der Waals surface area contributed by atoms with Gasteiger partial charge in [-0.3, -0.25) is 9.36 Å². The number of fused-ring (bicyclic) bond motifs is 1. The molecule has 190 valence electrons. The Labute approximate surface area is 212 Å². The molecule has 5 rings (SSSR count). The van der Waals surface area contributed by atoms with Crippen LogP contribution >= 0.6 is 7.44 Å². The van der Waals surface area contributed by atoms with Gasteiger partial charge in [-0.25, -0.2) is 4.67 Å². The Hall–Kier alpha value is -3.06. The number of carbonyl (C=O) groups is 1. The third-order valence-electron chi connectivity index (χ3n) is 7.57. The number of nitrogens with one attached hydrogen (secondary N) is 2. The van der Waals surface area contributed by atoms with Gasteiger partial charge in [0.05, 0.1) is 30.5 Å². The maximum absolute atomic E-state index is 15.2. The summed E-state index contributed by atoms with van der Waals surface area (Å²) in [6.45, 7) is 8.60. The molecule has 3 heterocycles. The Morgan fingerprint density at radius 1 is 1.08 bits per heavy atom. The lowest BCUT2D eigenvalue weighted by Gasteiger charge is -2.36. The predicted octanol–water partition coefficient (Wildman–Crippen LogP) is 4.91. The average Bonchev–Trinajstić information content (AvgIpc) is 3.48. The highest BCUT2D eigenvalue weighted by atomic mass is 31.2. The van der Waals surface area contributed by atoms with E-state index in [9.17, 15) is 4.79 Å². The molecule has 1 fully saturated rings. The Morgan fingerprint density at radius 2 is 1.81 bits per heavy atom. The number of carbonyl (C=O) groups excluding carboxylic acids is 1. The molecule has 2 aliphatic rings. The molecule has 2 atom stereocenters. The maximum Gasteiger partial charge on any atom is 0.291 e. The quantitative estimate of drug-likeness (QED) is 0.458. The largest absolute Gasteiger partial charge is 0.459 e. The summed E-state index contributed by atoms with van der Waals surface area (Å²) in [5.74, 6) is -0.192. The number of nitrogens with zero attached hydrogens (tertiary/aromatic N) is 2. The minimum atomic E-state index is -3.43. The van der Waals surface area contributed by atoms with Crippen LogP contribution < -0.4 is 20.6 Å². The van der Waals surface area contributed by atoms with Gasteiger partial charge in [-0.1, -0.05) is 32.0 Å². The number of likely N-dealkylation sites (N-methyl/N-ethyl adjacent to an activating group) is 1. The van der Waals surface area contributed by atoms with E-state index in [1.165, 1.54) is 6.26 Å². The van der Waals surface area contributed by atoms with Crippen molar-refractivity contribution in [2.75, 3.05) is 48.7 Å². The van der Waals surface area contributed by atoms with Crippen LogP contribution in [0.5, 0.6) is 0 Å². The fourth-order valence-corrected chi connectivity index (χ4v) is 7.59. The molecule has 1 amide bonds. The predicted molar refractivity (Wildman–Crippen MR) is 144 cm³/mol. The summed E-state index contributed by atoms with van der Waals surface area (Å²) in [6, 6.07) is 17.0. The zero-order valence-electron chi connectivity index (χ0n) is 21.2. The van der Waals surface area contributed by atoms with Gasteiger partial charge in [0.25, 0.3) is 13.4 Å². The molecular formula is C27H33N4O4P. The van der Waals surface area contributed by atoms with Crippen molar-refractivity contribution in [3.05, 3.63) is 72.2 Å². The van der Waals surface area contributed by atoms with Gasteiger partial charge in [-0.2, -0.15) is 0 Å². The summed E-state index contributed by atoms with van der Waals surface area (Å²) in [6.07, 6.45) is 1.46. The number of furan rings is 1. The molecule has 0 radical (unpaired) electrons. The lowest BCUT2D eigenvalue weighted by Crippen LogP contribution is -2.40. The van der Waals surface area contributed by atoms with E-state index in [1.54, 1.807) is 12.1 Å². The summed E-state index contributed by atoms with van der Waals surface area (Å²) in [4.78, 5) is 15.3. The molecule has 9 heteroatoms. The molecule has 2 aliphatic heterocycles. The minimum absolute atomic E-state index is 0.176. The smallest absolute Gasteiger partial charge is 0.291 e. The van der Waals surface area contributed by atoms with Gasteiger partial charge in [0.15, 0.2) is 5.76 Å². The van der Waals surface area contributed by atoms with Crippen molar-refractivity contribution >= 4 is 35.7 Å². The number of anilines is 3. The fraction of sp³-hybridized carbons (Fsp3) is 0.370. The monoisotopic (exact) mass is 508 g/mol. The van der Waals surface area contributed by atoms with Gasteiger partial charge in [0, 0.05) is 43.0 Å². The van der Waals surface area contributed by atoms with Gasteiger partial charge < -0.3 is 24.5 Å². The molecule has 1 aromatic heterocycles. The lowest BCUT2D eigenvalue weighted by molar-refractivity contribution is 0.0729. The second-order valence-electron chi connectivity index (χ2n) is 9.95. The molecule has 0 spiro atoms. The summed E-state index contributed by atoms with van der Waals surface area (Å²) in [5, 5.41) is 6.95. The molecule has 0 aliphatic carbocycles. The van der Waals surface area contributed by atoms with E-state index >= 15 is 4.57 Å². The second-order valence-corrected chi connectivity index (χ2v) is 12.4. The first-order valence-corrected chi connectivity index (χ1v) is 13.9. The number of para-hydroxylation sites is 1. The van der Waals surface area contributed by atoms with Crippen LogP contribution in [0.4, 0.5) is 17.1 Å². The highest BCUT2D eigenvalue weighted by Gasteiger charge is 2.44. The average molecular weight is 509 g/mol. The Balaban J connectivity index is 1.69.